The molecule has 0 aliphatic heterocycles. The van der Waals surface area contributed by atoms with Crippen molar-refractivity contribution in [1.29, 1.82) is 0 Å². The maximum atomic E-state index is 10.7. The molecule has 0 amide bonds. The lowest BCUT2D eigenvalue weighted by Crippen LogP contribution is -2.38. The molecule has 5 atom stereocenters. The Morgan fingerprint density at radius 3 is 1.93 bits per heavy atom. The van der Waals surface area contributed by atoms with Crippen molar-refractivity contribution in [2.45, 2.75) is 142 Å². The molecule has 0 aliphatic carbocycles. The number of ether oxygens (including phenoxy) is 1. The fourth-order valence-corrected chi connectivity index (χ4v) is 4.94. The van der Waals surface area contributed by atoms with E-state index in [1.807, 2.05) is 13.1 Å². The van der Waals surface area contributed by atoms with E-state index in [0.29, 0.717) is 6.42 Å². The van der Waals surface area contributed by atoms with Crippen LogP contribution in [0.15, 0.2) is 6.20 Å². The molecular weight excluding hydrogens is 508 g/mol. The third-order valence-corrected chi connectivity index (χ3v) is 7.93. The number of aliphatic hydroxyl groups excluding tert-OH is 4. The molecule has 40 heavy (non-hydrogen) atoms. The average molecular weight is 571 g/mol. The van der Waals surface area contributed by atoms with Crippen LogP contribution in [0.25, 0.3) is 0 Å². The minimum absolute atomic E-state index is 0.122. The molecule has 1 aromatic rings. The summed E-state index contributed by atoms with van der Waals surface area (Å²) in [5.41, 5.74) is 0.876. The molecule has 0 aliphatic rings. The van der Waals surface area contributed by atoms with E-state index in [4.69, 9.17) is 9.84 Å². The molecule has 1 heterocycles. The Kier molecular flexibility index (Phi) is 21.7. The van der Waals surface area contributed by atoms with Gasteiger partial charge < -0.3 is 30.1 Å². The largest absolute Gasteiger partial charge is 0.394 e. The van der Waals surface area contributed by atoms with Crippen molar-refractivity contribution in [3.63, 3.8) is 0 Å². The summed E-state index contributed by atoms with van der Waals surface area (Å²) in [6, 6.07) is -0.588. The van der Waals surface area contributed by atoms with Gasteiger partial charge in [0.05, 0.1) is 37.7 Å². The van der Waals surface area contributed by atoms with Crippen LogP contribution in [0.5, 0.6) is 0 Å². The fourth-order valence-electron chi connectivity index (χ4n) is 4.94. The lowest BCUT2D eigenvalue weighted by atomic mass is 10.0. The average Bonchev–Trinajstić information content (AvgIpc) is 3.43. The number of aromatic nitrogens is 3. The molecule has 1 rings (SSSR count). The molecule has 1 aromatic heterocycles. The number of unbranched alkanes of at least 4 members (excludes halogenated alkanes) is 9. The van der Waals surface area contributed by atoms with Crippen molar-refractivity contribution in [3.05, 3.63) is 11.9 Å². The van der Waals surface area contributed by atoms with Gasteiger partial charge in [-0.2, -0.15) is 0 Å². The molecule has 0 radical (unpaired) electrons. The minimum atomic E-state index is -1.05. The smallest absolute Gasteiger partial charge is 0.105 e. The number of rotatable bonds is 27. The van der Waals surface area contributed by atoms with Crippen LogP contribution in [0, 0.1) is 5.92 Å². The topological polar surface area (TPSA) is 124 Å². The highest BCUT2D eigenvalue weighted by Gasteiger charge is 2.29. The van der Waals surface area contributed by atoms with Gasteiger partial charge in [-0.3, -0.25) is 0 Å². The Hall–Kier alpha value is -1.10. The monoisotopic (exact) mass is 570 g/mol. The number of hydrogen-bond donors (Lipinski definition) is 4. The van der Waals surface area contributed by atoms with Crippen LogP contribution in [-0.4, -0.2) is 98.1 Å². The van der Waals surface area contributed by atoms with E-state index in [0.717, 1.165) is 25.0 Å². The Balaban J connectivity index is 2.49. The molecule has 0 saturated carbocycles. The van der Waals surface area contributed by atoms with Gasteiger partial charge in [0, 0.05) is 12.1 Å². The molecule has 0 fully saturated rings. The summed E-state index contributed by atoms with van der Waals surface area (Å²) in [6.45, 7) is 11.8. The van der Waals surface area contributed by atoms with Crippen LogP contribution in [-0.2, 0) is 11.2 Å². The predicted molar refractivity (Wildman–Crippen MR) is 161 cm³/mol. The number of nitrogens with zero attached hydrogens (tertiary/aromatic N) is 4. The lowest BCUT2D eigenvalue weighted by molar-refractivity contribution is -0.0556. The van der Waals surface area contributed by atoms with Gasteiger partial charge in [0.15, 0.2) is 0 Å². The molecule has 236 valence electrons. The van der Waals surface area contributed by atoms with E-state index in [1.165, 1.54) is 83.8 Å². The van der Waals surface area contributed by atoms with Crippen LogP contribution in [0.1, 0.15) is 123 Å². The summed E-state index contributed by atoms with van der Waals surface area (Å²) in [4.78, 5) is 2.68. The minimum Gasteiger partial charge on any atom is -0.394 e. The first-order chi connectivity index (χ1) is 19.4. The van der Waals surface area contributed by atoms with E-state index in [9.17, 15) is 15.3 Å². The Morgan fingerprint density at radius 2 is 1.38 bits per heavy atom. The zero-order valence-corrected chi connectivity index (χ0v) is 26.1. The second-order valence-corrected chi connectivity index (χ2v) is 11.6. The molecule has 0 saturated heterocycles. The van der Waals surface area contributed by atoms with Crippen molar-refractivity contribution in [2.75, 3.05) is 39.5 Å². The van der Waals surface area contributed by atoms with E-state index < -0.39 is 24.4 Å². The van der Waals surface area contributed by atoms with Crippen LogP contribution >= 0.6 is 0 Å². The van der Waals surface area contributed by atoms with Crippen molar-refractivity contribution >= 4 is 0 Å². The SMILES string of the molecule is CCCCCCN(CCCCCC)CCCCCCc1cn([C@@H](COC[C@H](C)[C@@H](O)CO)[C@H](O)[C@H](O)CC)nn1. The van der Waals surface area contributed by atoms with E-state index in [2.05, 4.69) is 29.1 Å². The van der Waals surface area contributed by atoms with Gasteiger partial charge in [-0.25, -0.2) is 4.68 Å². The highest BCUT2D eigenvalue weighted by molar-refractivity contribution is 4.95. The Bertz CT molecular complexity index is 695. The predicted octanol–water partition coefficient (Wildman–Crippen LogP) is 4.52. The third kappa shape index (κ3) is 15.8. The molecule has 0 bridgehead atoms. The van der Waals surface area contributed by atoms with Crippen molar-refractivity contribution < 1.29 is 25.2 Å². The van der Waals surface area contributed by atoms with Gasteiger partial charge >= 0.3 is 0 Å². The zero-order valence-electron chi connectivity index (χ0n) is 26.1. The summed E-state index contributed by atoms with van der Waals surface area (Å²) in [5.74, 6) is -0.251. The van der Waals surface area contributed by atoms with Crippen molar-refractivity contribution in [3.8, 4) is 0 Å². The Labute approximate surface area is 244 Å². The first kappa shape index (κ1) is 36.9. The summed E-state index contributed by atoms with van der Waals surface area (Å²) in [6.07, 6.45) is 15.5. The molecule has 9 heteroatoms. The van der Waals surface area contributed by atoms with Crippen LogP contribution < -0.4 is 0 Å². The maximum Gasteiger partial charge on any atom is 0.105 e. The second kappa shape index (κ2) is 23.5. The number of aliphatic hydroxyl groups is 4. The molecular formula is C31H62N4O5. The first-order valence-electron chi connectivity index (χ1n) is 16.2. The van der Waals surface area contributed by atoms with Gasteiger partial charge in [-0.15, -0.1) is 5.10 Å². The summed E-state index contributed by atoms with van der Waals surface area (Å²) in [5, 5.41) is 48.4. The van der Waals surface area contributed by atoms with Gasteiger partial charge in [-0.05, 0) is 58.2 Å². The van der Waals surface area contributed by atoms with Gasteiger partial charge in [0.25, 0.3) is 0 Å². The summed E-state index contributed by atoms with van der Waals surface area (Å²) >= 11 is 0. The highest BCUT2D eigenvalue weighted by atomic mass is 16.5. The van der Waals surface area contributed by atoms with Gasteiger partial charge in [0.2, 0.25) is 0 Å². The van der Waals surface area contributed by atoms with Gasteiger partial charge in [0.1, 0.15) is 12.1 Å². The van der Waals surface area contributed by atoms with Crippen molar-refractivity contribution in [2.24, 2.45) is 5.92 Å². The first-order valence-corrected chi connectivity index (χ1v) is 16.2. The zero-order chi connectivity index (χ0) is 29.6. The third-order valence-electron chi connectivity index (χ3n) is 7.93. The molecule has 4 N–H and O–H groups in total. The molecule has 0 aromatic carbocycles. The Morgan fingerprint density at radius 1 is 0.800 bits per heavy atom. The van der Waals surface area contributed by atoms with Crippen LogP contribution in [0.4, 0.5) is 0 Å². The van der Waals surface area contributed by atoms with Gasteiger partial charge in [-0.1, -0.05) is 84.3 Å². The summed E-state index contributed by atoms with van der Waals surface area (Å²) in [7, 11) is 0. The van der Waals surface area contributed by atoms with E-state index in [1.54, 1.807) is 11.6 Å². The quantitative estimate of drug-likeness (QED) is 0.114. The molecule has 9 nitrogen and oxygen atoms in total. The standard InChI is InChI=1S/C31H62N4O5/c1-5-8-10-15-19-34(20-16-11-9-6-2)21-17-13-12-14-18-27-22-35(33-32-27)28(31(39)29(37)7-3)25-40-24-26(4)30(38)23-36/h22,26,28-31,36-39H,5-21,23-25H2,1-4H3/t26-,28-,29+,30-,31-/m0/s1. The second-order valence-electron chi connectivity index (χ2n) is 11.6. The normalized spacial score (nSPS) is 15.8. The number of hydrogen-bond acceptors (Lipinski definition) is 8. The van der Waals surface area contributed by atoms with E-state index in [-0.39, 0.29) is 25.7 Å². The van der Waals surface area contributed by atoms with E-state index >= 15 is 0 Å². The fraction of sp³-hybridized carbons (Fsp3) is 0.935. The van der Waals surface area contributed by atoms with Crippen LogP contribution in [0.2, 0.25) is 0 Å². The molecule has 0 spiro atoms. The highest BCUT2D eigenvalue weighted by Crippen LogP contribution is 2.19. The maximum absolute atomic E-state index is 10.7. The number of aryl methyl sites for hydroxylation is 1. The van der Waals surface area contributed by atoms with Crippen molar-refractivity contribution in [1.82, 2.24) is 19.9 Å². The lowest BCUT2D eigenvalue weighted by Gasteiger charge is -2.27. The summed E-state index contributed by atoms with van der Waals surface area (Å²) < 4.78 is 7.34. The molecule has 0 unspecified atom stereocenters. The van der Waals surface area contributed by atoms with Crippen LogP contribution in [0.3, 0.4) is 0 Å².